The minimum Gasteiger partial charge on any atom is -0.459 e. The molecule has 1 aliphatic rings. The number of hydrogen-bond acceptors (Lipinski definition) is 5. The standard InChI is InChI=1S/C21H18N2O2S/c24-21(25-15-16-7-5-6-13-22-16)12-14-23-17-8-1-3-10-19(17)26-20-11-4-2-9-18(20)23/h1-11,13H,12,14-15H2. The lowest BCUT2D eigenvalue weighted by Gasteiger charge is -2.32. The van der Waals surface area contributed by atoms with Gasteiger partial charge in [-0.2, -0.15) is 0 Å². The number of hydrogen-bond donors (Lipinski definition) is 0. The molecule has 0 N–H and O–H groups in total. The molecule has 0 saturated heterocycles. The van der Waals surface area contributed by atoms with E-state index < -0.39 is 0 Å². The number of benzene rings is 2. The lowest BCUT2D eigenvalue weighted by atomic mass is 10.2. The van der Waals surface area contributed by atoms with Crippen LogP contribution >= 0.6 is 11.8 Å². The number of pyridine rings is 1. The second-order valence-electron chi connectivity index (χ2n) is 5.92. The minimum atomic E-state index is -0.219. The monoisotopic (exact) mass is 362 g/mol. The van der Waals surface area contributed by atoms with Gasteiger partial charge >= 0.3 is 5.97 Å². The van der Waals surface area contributed by atoms with E-state index in [2.05, 4.69) is 34.1 Å². The highest BCUT2D eigenvalue weighted by atomic mass is 32.2. The topological polar surface area (TPSA) is 42.4 Å². The molecule has 1 aromatic heterocycles. The Kier molecular flexibility index (Phi) is 4.88. The van der Waals surface area contributed by atoms with Gasteiger partial charge < -0.3 is 9.64 Å². The Labute approximate surface area is 156 Å². The van der Waals surface area contributed by atoms with Crippen molar-refractivity contribution in [3.63, 3.8) is 0 Å². The minimum absolute atomic E-state index is 0.211. The zero-order valence-corrected chi connectivity index (χ0v) is 15.0. The van der Waals surface area contributed by atoms with Crippen molar-refractivity contribution >= 4 is 29.1 Å². The third-order valence-corrected chi connectivity index (χ3v) is 5.31. The van der Waals surface area contributed by atoms with Gasteiger partial charge in [-0.3, -0.25) is 9.78 Å². The summed E-state index contributed by atoms with van der Waals surface area (Å²) in [5, 5.41) is 0. The number of rotatable bonds is 5. The highest BCUT2D eigenvalue weighted by Gasteiger charge is 2.23. The van der Waals surface area contributed by atoms with Crippen molar-refractivity contribution in [1.29, 1.82) is 0 Å². The van der Waals surface area contributed by atoms with Gasteiger partial charge in [0.05, 0.1) is 23.5 Å². The van der Waals surface area contributed by atoms with Gasteiger partial charge in [-0.1, -0.05) is 42.1 Å². The van der Waals surface area contributed by atoms with E-state index in [4.69, 9.17) is 4.74 Å². The number of carbonyl (C=O) groups is 1. The van der Waals surface area contributed by atoms with Gasteiger partial charge in [0, 0.05) is 22.5 Å². The first-order chi connectivity index (χ1) is 12.8. The van der Waals surface area contributed by atoms with Gasteiger partial charge in [-0.15, -0.1) is 0 Å². The van der Waals surface area contributed by atoms with E-state index in [-0.39, 0.29) is 12.6 Å². The van der Waals surface area contributed by atoms with E-state index in [1.165, 1.54) is 9.79 Å². The smallest absolute Gasteiger partial charge is 0.307 e. The fourth-order valence-corrected chi connectivity index (χ4v) is 4.03. The second-order valence-corrected chi connectivity index (χ2v) is 7.00. The molecule has 0 atom stereocenters. The molecule has 0 spiro atoms. The maximum atomic E-state index is 12.2. The van der Waals surface area contributed by atoms with Crippen LogP contribution in [0, 0.1) is 0 Å². The average molecular weight is 362 g/mol. The molecule has 0 aliphatic carbocycles. The molecule has 0 bridgehead atoms. The number of fused-ring (bicyclic) bond motifs is 2. The van der Waals surface area contributed by atoms with E-state index >= 15 is 0 Å². The number of nitrogens with zero attached hydrogens (tertiary/aromatic N) is 2. The van der Waals surface area contributed by atoms with Crippen LogP contribution in [0.1, 0.15) is 12.1 Å². The van der Waals surface area contributed by atoms with Crippen molar-refractivity contribution in [3.05, 3.63) is 78.6 Å². The average Bonchev–Trinajstić information content (AvgIpc) is 2.70. The molecule has 0 saturated carbocycles. The quantitative estimate of drug-likeness (QED) is 0.609. The third-order valence-electron chi connectivity index (χ3n) is 4.18. The van der Waals surface area contributed by atoms with Crippen molar-refractivity contribution in [2.24, 2.45) is 0 Å². The van der Waals surface area contributed by atoms with Crippen LogP contribution in [0.4, 0.5) is 11.4 Å². The Balaban J connectivity index is 1.45. The van der Waals surface area contributed by atoms with Gasteiger partial charge in [0.2, 0.25) is 0 Å². The molecular formula is C21H18N2O2S. The van der Waals surface area contributed by atoms with Gasteiger partial charge in [0.1, 0.15) is 6.61 Å². The lowest BCUT2D eigenvalue weighted by Crippen LogP contribution is -2.24. The number of aromatic nitrogens is 1. The summed E-state index contributed by atoms with van der Waals surface area (Å²) >= 11 is 1.76. The van der Waals surface area contributed by atoms with Crippen molar-refractivity contribution in [1.82, 2.24) is 4.98 Å². The third kappa shape index (κ3) is 3.58. The molecular weight excluding hydrogens is 344 g/mol. The van der Waals surface area contributed by atoms with Crippen molar-refractivity contribution in [2.45, 2.75) is 22.8 Å². The summed E-state index contributed by atoms with van der Waals surface area (Å²) in [7, 11) is 0. The summed E-state index contributed by atoms with van der Waals surface area (Å²) in [6.45, 7) is 0.790. The summed E-state index contributed by atoms with van der Waals surface area (Å²) in [6.07, 6.45) is 2.02. The van der Waals surface area contributed by atoms with Crippen LogP contribution < -0.4 is 4.90 Å². The largest absolute Gasteiger partial charge is 0.459 e. The number of esters is 1. The highest BCUT2D eigenvalue weighted by Crippen LogP contribution is 2.47. The second kappa shape index (κ2) is 7.62. The Morgan fingerprint density at radius 2 is 1.58 bits per heavy atom. The number of ether oxygens (including phenoxy) is 1. The molecule has 3 aromatic rings. The van der Waals surface area contributed by atoms with Crippen LogP contribution in [-0.4, -0.2) is 17.5 Å². The Bertz CT molecular complexity index is 869. The van der Waals surface area contributed by atoms with E-state index in [1.54, 1.807) is 18.0 Å². The first kappa shape index (κ1) is 16.7. The van der Waals surface area contributed by atoms with Gasteiger partial charge in [0.25, 0.3) is 0 Å². The Morgan fingerprint density at radius 1 is 0.923 bits per heavy atom. The van der Waals surface area contributed by atoms with Crippen molar-refractivity contribution < 1.29 is 9.53 Å². The number of para-hydroxylation sites is 2. The molecule has 4 nitrogen and oxygen atoms in total. The fraction of sp³-hybridized carbons (Fsp3) is 0.143. The molecule has 0 fully saturated rings. The van der Waals surface area contributed by atoms with Crippen LogP contribution in [0.2, 0.25) is 0 Å². The predicted molar refractivity (Wildman–Crippen MR) is 103 cm³/mol. The number of anilines is 2. The maximum Gasteiger partial charge on any atom is 0.307 e. The molecule has 1 aliphatic heterocycles. The van der Waals surface area contributed by atoms with Gasteiger partial charge in [-0.25, -0.2) is 0 Å². The Morgan fingerprint density at radius 3 is 2.23 bits per heavy atom. The molecule has 0 unspecified atom stereocenters. The van der Waals surface area contributed by atoms with Crippen molar-refractivity contribution in [3.8, 4) is 0 Å². The predicted octanol–water partition coefficient (Wildman–Crippen LogP) is 4.82. The van der Waals surface area contributed by atoms with Crippen LogP contribution in [0.15, 0.2) is 82.7 Å². The van der Waals surface area contributed by atoms with Crippen LogP contribution in [0.5, 0.6) is 0 Å². The molecule has 5 heteroatoms. The van der Waals surface area contributed by atoms with E-state index in [0.717, 1.165) is 17.1 Å². The lowest BCUT2D eigenvalue weighted by molar-refractivity contribution is -0.144. The molecule has 130 valence electrons. The molecule has 0 radical (unpaired) electrons. The molecule has 0 amide bonds. The number of carbonyl (C=O) groups excluding carboxylic acids is 1. The molecule has 26 heavy (non-hydrogen) atoms. The summed E-state index contributed by atoms with van der Waals surface area (Å²) in [6, 6.07) is 22.1. The van der Waals surface area contributed by atoms with Crippen LogP contribution in [0.3, 0.4) is 0 Å². The first-order valence-electron chi connectivity index (χ1n) is 8.50. The summed E-state index contributed by atoms with van der Waals surface area (Å²) in [4.78, 5) is 21.0. The first-order valence-corrected chi connectivity index (χ1v) is 9.32. The van der Waals surface area contributed by atoms with E-state index in [1.807, 2.05) is 42.5 Å². The van der Waals surface area contributed by atoms with Crippen LogP contribution in [-0.2, 0) is 16.1 Å². The maximum absolute atomic E-state index is 12.2. The summed E-state index contributed by atoms with van der Waals surface area (Å²) < 4.78 is 5.36. The summed E-state index contributed by atoms with van der Waals surface area (Å²) in [5.74, 6) is -0.219. The molecule has 2 aromatic carbocycles. The van der Waals surface area contributed by atoms with E-state index in [9.17, 15) is 4.79 Å². The van der Waals surface area contributed by atoms with Crippen LogP contribution in [0.25, 0.3) is 0 Å². The molecule has 2 heterocycles. The van der Waals surface area contributed by atoms with Crippen molar-refractivity contribution in [2.75, 3.05) is 11.4 Å². The van der Waals surface area contributed by atoms with Gasteiger partial charge in [0.15, 0.2) is 0 Å². The normalized spacial score (nSPS) is 12.2. The zero-order chi connectivity index (χ0) is 17.8. The van der Waals surface area contributed by atoms with Gasteiger partial charge in [-0.05, 0) is 36.4 Å². The fourth-order valence-electron chi connectivity index (χ4n) is 2.94. The zero-order valence-electron chi connectivity index (χ0n) is 14.2. The summed E-state index contributed by atoms with van der Waals surface area (Å²) in [5.41, 5.74) is 3.02. The highest BCUT2D eigenvalue weighted by molar-refractivity contribution is 7.99. The van der Waals surface area contributed by atoms with E-state index in [0.29, 0.717) is 13.0 Å². The SMILES string of the molecule is O=C(CCN1c2ccccc2Sc2ccccc21)OCc1ccccn1. The molecule has 4 rings (SSSR count). The Hall–Kier alpha value is -2.79.